The Kier molecular flexibility index (Phi) is 7.69. The fourth-order valence-corrected chi connectivity index (χ4v) is 4.62. The Morgan fingerprint density at radius 2 is 1.97 bits per heavy atom. The average Bonchev–Trinajstić information content (AvgIpc) is 3.26. The summed E-state index contributed by atoms with van der Waals surface area (Å²) < 4.78 is 17.9. The van der Waals surface area contributed by atoms with E-state index in [2.05, 4.69) is 15.3 Å². The molecule has 0 spiro atoms. The van der Waals surface area contributed by atoms with Crippen molar-refractivity contribution >= 4 is 23.3 Å². The number of carbonyl (C=O) groups is 1. The molecule has 0 radical (unpaired) electrons. The van der Waals surface area contributed by atoms with Gasteiger partial charge < -0.3 is 19.5 Å². The Morgan fingerprint density at radius 1 is 1.18 bits per heavy atom. The predicted octanol–water partition coefficient (Wildman–Crippen LogP) is 2.26. The molecule has 1 amide bonds. The molecule has 1 N–H and O–H groups in total. The first-order chi connectivity index (χ1) is 16.1. The van der Waals surface area contributed by atoms with Crippen molar-refractivity contribution in [1.82, 2.24) is 24.8 Å². The largest absolute Gasteiger partial charge is 0.493 e. The number of amides is 1. The Bertz CT molecular complexity index is 1110. The van der Waals surface area contributed by atoms with Gasteiger partial charge in [0.25, 0.3) is 0 Å². The van der Waals surface area contributed by atoms with Crippen molar-refractivity contribution in [3.05, 3.63) is 36.2 Å². The topological polar surface area (TPSA) is 90.2 Å². The molecule has 3 aromatic rings. The smallest absolute Gasteiger partial charge is 0.230 e. The van der Waals surface area contributed by atoms with E-state index in [1.165, 1.54) is 11.8 Å². The molecular formula is C23H29N5O4S. The SMILES string of the molecule is COc1ccc(-c2cnn3c(SCC(=O)NCCN4CCOCC4)cc(C)nc23)cc1OC. The van der Waals surface area contributed by atoms with Crippen LogP contribution in [0.25, 0.3) is 16.8 Å². The minimum Gasteiger partial charge on any atom is -0.493 e. The van der Waals surface area contributed by atoms with Crippen molar-refractivity contribution in [3.63, 3.8) is 0 Å². The molecule has 10 heteroatoms. The van der Waals surface area contributed by atoms with Crippen LogP contribution in [0.4, 0.5) is 0 Å². The van der Waals surface area contributed by atoms with Crippen LogP contribution in [-0.4, -0.2) is 84.8 Å². The minimum absolute atomic E-state index is 0.00291. The van der Waals surface area contributed by atoms with Crippen LogP contribution in [0.1, 0.15) is 5.69 Å². The van der Waals surface area contributed by atoms with E-state index in [4.69, 9.17) is 19.2 Å². The lowest BCUT2D eigenvalue weighted by Crippen LogP contribution is -2.41. The molecule has 1 fully saturated rings. The molecule has 1 aliphatic rings. The molecule has 33 heavy (non-hydrogen) atoms. The third-order valence-electron chi connectivity index (χ3n) is 5.47. The summed E-state index contributed by atoms with van der Waals surface area (Å²) in [6.07, 6.45) is 1.79. The minimum atomic E-state index is 0.00291. The maximum atomic E-state index is 12.4. The van der Waals surface area contributed by atoms with Gasteiger partial charge in [-0.2, -0.15) is 5.10 Å². The van der Waals surface area contributed by atoms with Crippen LogP contribution in [0, 0.1) is 6.92 Å². The van der Waals surface area contributed by atoms with Gasteiger partial charge in [-0.1, -0.05) is 17.8 Å². The zero-order chi connectivity index (χ0) is 23.2. The molecule has 176 valence electrons. The van der Waals surface area contributed by atoms with Gasteiger partial charge in [-0.3, -0.25) is 9.69 Å². The maximum Gasteiger partial charge on any atom is 0.230 e. The van der Waals surface area contributed by atoms with E-state index in [1.807, 2.05) is 31.2 Å². The van der Waals surface area contributed by atoms with Gasteiger partial charge in [0.15, 0.2) is 17.1 Å². The van der Waals surface area contributed by atoms with Gasteiger partial charge in [-0.15, -0.1) is 0 Å². The standard InChI is InChI=1S/C23H29N5O4S/c1-16-12-22(33-15-21(29)24-6-7-27-8-10-32-11-9-27)28-23(26-16)18(14-25-28)17-4-5-19(30-2)20(13-17)31-3/h4-5,12-14H,6-11,15H2,1-3H3,(H,24,29). The lowest BCUT2D eigenvalue weighted by Gasteiger charge is -2.26. The van der Waals surface area contributed by atoms with Crippen molar-refractivity contribution in [1.29, 1.82) is 0 Å². The maximum absolute atomic E-state index is 12.4. The first-order valence-corrected chi connectivity index (χ1v) is 11.8. The first-order valence-electron chi connectivity index (χ1n) is 10.9. The number of rotatable bonds is 9. The molecule has 0 bridgehead atoms. The van der Waals surface area contributed by atoms with Crippen LogP contribution in [0.15, 0.2) is 35.5 Å². The quantitative estimate of drug-likeness (QED) is 0.376. The highest BCUT2D eigenvalue weighted by Crippen LogP contribution is 2.34. The van der Waals surface area contributed by atoms with E-state index >= 15 is 0 Å². The molecule has 0 unspecified atom stereocenters. The Balaban J connectivity index is 1.44. The van der Waals surface area contributed by atoms with Gasteiger partial charge in [-0.25, -0.2) is 9.50 Å². The number of ether oxygens (including phenoxy) is 3. The number of aromatic nitrogens is 3. The molecule has 1 aromatic carbocycles. The van der Waals surface area contributed by atoms with Crippen molar-refractivity contribution in [2.45, 2.75) is 11.9 Å². The monoisotopic (exact) mass is 471 g/mol. The van der Waals surface area contributed by atoms with E-state index in [1.54, 1.807) is 24.9 Å². The van der Waals surface area contributed by atoms with Crippen LogP contribution in [0.2, 0.25) is 0 Å². The molecular weight excluding hydrogens is 442 g/mol. The Morgan fingerprint density at radius 3 is 2.73 bits per heavy atom. The summed E-state index contributed by atoms with van der Waals surface area (Å²) in [7, 11) is 3.22. The van der Waals surface area contributed by atoms with E-state index in [9.17, 15) is 4.79 Å². The predicted molar refractivity (Wildman–Crippen MR) is 127 cm³/mol. The van der Waals surface area contributed by atoms with Crippen molar-refractivity contribution in [2.24, 2.45) is 0 Å². The highest BCUT2D eigenvalue weighted by atomic mass is 32.2. The molecule has 0 aliphatic carbocycles. The normalized spacial score (nSPS) is 14.4. The number of hydrogen-bond donors (Lipinski definition) is 1. The number of carbonyl (C=O) groups excluding carboxylic acids is 1. The zero-order valence-corrected chi connectivity index (χ0v) is 20.0. The number of aryl methyl sites for hydroxylation is 1. The second-order valence-corrected chi connectivity index (χ2v) is 8.69. The average molecular weight is 472 g/mol. The fourth-order valence-electron chi connectivity index (χ4n) is 3.73. The Hall–Kier alpha value is -2.82. The number of methoxy groups -OCH3 is 2. The molecule has 0 saturated carbocycles. The fraction of sp³-hybridized carbons (Fsp3) is 0.435. The summed E-state index contributed by atoms with van der Waals surface area (Å²) in [5.41, 5.74) is 3.41. The van der Waals surface area contributed by atoms with Crippen molar-refractivity contribution in [3.8, 4) is 22.6 Å². The highest BCUT2D eigenvalue weighted by Gasteiger charge is 2.16. The van der Waals surface area contributed by atoms with Crippen LogP contribution in [-0.2, 0) is 9.53 Å². The molecule has 4 rings (SSSR count). The van der Waals surface area contributed by atoms with Crippen molar-refractivity contribution < 1.29 is 19.0 Å². The summed E-state index contributed by atoms with van der Waals surface area (Å²) in [5.74, 6) is 1.62. The number of nitrogens with one attached hydrogen (secondary N) is 1. The lowest BCUT2D eigenvalue weighted by atomic mass is 10.1. The summed E-state index contributed by atoms with van der Waals surface area (Å²) >= 11 is 1.45. The molecule has 0 atom stereocenters. The number of benzene rings is 1. The Labute approximate surface area is 197 Å². The van der Waals surface area contributed by atoms with Gasteiger partial charge in [0.2, 0.25) is 5.91 Å². The first kappa shape index (κ1) is 23.3. The van der Waals surface area contributed by atoms with Crippen molar-refractivity contribution in [2.75, 3.05) is 59.4 Å². The van der Waals surface area contributed by atoms with E-state index in [0.717, 1.165) is 60.3 Å². The lowest BCUT2D eigenvalue weighted by molar-refractivity contribution is -0.118. The summed E-state index contributed by atoms with van der Waals surface area (Å²) in [4.78, 5) is 19.4. The van der Waals surface area contributed by atoms with Crippen LogP contribution < -0.4 is 14.8 Å². The summed E-state index contributed by atoms with van der Waals surface area (Å²) in [6, 6.07) is 7.68. The summed E-state index contributed by atoms with van der Waals surface area (Å²) in [5, 5.41) is 8.42. The number of morpholine rings is 1. The molecule has 1 saturated heterocycles. The van der Waals surface area contributed by atoms with Crippen LogP contribution in [0.3, 0.4) is 0 Å². The van der Waals surface area contributed by atoms with Gasteiger partial charge in [0.1, 0.15) is 5.03 Å². The number of hydrogen-bond acceptors (Lipinski definition) is 8. The third-order valence-corrected chi connectivity index (χ3v) is 6.46. The molecule has 1 aliphatic heterocycles. The summed E-state index contributed by atoms with van der Waals surface area (Å²) in [6.45, 7) is 6.77. The zero-order valence-electron chi connectivity index (χ0n) is 19.2. The van der Waals surface area contributed by atoms with Crippen LogP contribution >= 0.6 is 11.8 Å². The number of fused-ring (bicyclic) bond motifs is 1. The molecule has 3 heterocycles. The van der Waals surface area contributed by atoms with E-state index < -0.39 is 0 Å². The van der Waals surface area contributed by atoms with Gasteiger partial charge >= 0.3 is 0 Å². The third kappa shape index (κ3) is 5.58. The van der Waals surface area contributed by atoms with Gasteiger partial charge in [0, 0.05) is 37.4 Å². The second kappa shape index (κ2) is 10.9. The molecule has 2 aromatic heterocycles. The number of thioether (sulfide) groups is 1. The van der Waals surface area contributed by atoms with E-state index in [0.29, 0.717) is 23.8 Å². The van der Waals surface area contributed by atoms with Gasteiger partial charge in [-0.05, 0) is 30.7 Å². The van der Waals surface area contributed by atoms with E-state index in [-0.39, 0.29) is 5.91 Å². The molecule has 9 nitrogen and oxygen atoms in total. The van der Waals surface area contributed by atoms with Crippen LogP contribution in [0.5, 0.6) is 11.5 Å². The highest BCUT2D eigenvalue weighted by molar-refractivity contribution is 7.99. The number of nitrogens with zero attached hydrogens (tertiary/aromatic N) is 4. The second-order valence-electron chi connectivity index (χ2n) is 7.69. The van der Waals surface area contributed by atoms with Gasteiger partial charge in [0.05, 0.1) is 39.4 Å².